The largest absolute Gasteiger partial charge is 0.396 e. The summed E-state index contributed by atoms with van der Waals surface area (Å²) in [6, 6.07) is 4.40. The predicted molar refractivity (Wildman–Crippen MR) is 74.9 cm³/mol. The van der Waals surface area contributed by atoms with Crippen molar-refractivity contribution in [2.24, 2.45) is 5.92 Å². The minimum absolute atomic E-state index is 0.254. The molecule has 0 bridgehead atoms. The standard InChI is InChI=1S/C15H21N3O/c1-10-6-13(8-16)15(17-11(10)2)18-14-5-3-4-12(7-14)9-19/h6,12,14,19H,3-5,7,9H2,1-2H3,(H,17,18)/t12-,14+/m1/s1. The highest BCUT2D eigenvalue weighted by atomic mass is 16.3. The van der Waals surface area contributed by atoms with Crippen LogP contribution in [0.15, 0.2) is 6.07 Å². The monoisotopic (exact) mass is 259 g/mol. The maximum absolute atomic E-state index is 9.26. The number of hydrogen-bond donors (Lipinski definition) is 2. The zero-order chi connectivity index (χ0) is 13.8. The van der Waals surface area contributed by atoms with Gasteiger partial charge in [-0.25, -0.2) is 4.98 Å². The second kappa shape index (κ2) is 6.03. The van der Waals surface area contributed by atoms with Crippen LogP contribution in [0.2, 0.25) is 0 Å². The van der Waals surface area contributed by atoms with Crippen LogP contribution in [0.25, 0.3) is 0 Å². The number of aliphatic hydroxyl groups excluding tert-OH is 1. The topological polar surface area (TPSA) is 68.9 Å². The molecule has 0 radical (unpaired) electrons. The highest BCUT2D eigenvalue weighted by molar-refractivity contribution is 5.54. The van der Waals surface area contributed by atoms with Crippen LogP contribution in [0.3, 0.4) is 0 Å². The zero-order valence-corrected chi connectivity index (χ0v) is 11.6. The van der Waals surface area contributed by atoms with E-state index in [1.165, 1.54) is 0 Å². The highest BCUT2D eigenvalue weighted by Crippen LogP contribution is 2.27. The summed E-state index contributed by atoms with van der Waals surface area (Å²) >= 11 is 0. The normalized spacial score (nSPS) is 22.8. The Morgan fingerprint density at radius 3 is 2.95 bits per heavy atom. The molecule has 1 aliphatic rings. The molecular formula is C15H21N3O. The van der Waals surface area contributed by atoms with Crippen LogP contribution >= 0.6 is 0 Å². The van der Waals surface area contributed by atoms with Gasteiger partial charge in [0.1, 0.15) is 11.9 Å². The van der Waals surface area contributed by atoms with Crippen LogP contribution in [-0.4, -0.2) is 22.7 Å². The lowest BCUT2D eigenvalue weighted by atomic mass is 9.86. The van der Waals surface area contributed by atoms with Crippen LogP contribution < -0.4 is 5.32 Å². The van der Waals surface area contributed by atoms with Gasteiger partial charge in [0.2, 0.25) is 0 Å². The molecule has 1 aromatic heterocycles. The number of hydrogen-bond acceptors (Lipinski definition) is 4. The van der Waals surface area contributed by atoms with Gasteiger partial charge in [0, 0.05) is 18.3 Å². The third kappa shape index (κ3) is 3.24. The quantitative estimate of drug-likeness (QED) is 0.875. The molecule has 1 aromatic rings. The molecule has 1 aliphatic carbocycles. The number of nitriles is 1. The SMILES string of the molecule is Cc1cc(C#N)c(N[C@H]2CCC[C@@H](CO)C2)nc1C. The molecule has 19 heavy (non-hydrogen) atoms. The van der Waals surface area contributed by atoms with Crippen LogP contribution in [0.4, 0.5) is 5.82 Å². The van der Waals surface area contributed by atoms with Crippen molar-refractivity contribution < 1.29 is 5.11 Å². The van der Waals surface area contributed by atoms with Gasteiger partial charge in [-0.15, -0.1) is 0 Å². The number of pyridine rings is 1. The third-order valence-corrected chi connectivity index (χ3v) is 3.97. The molecule has 102 valence electrons. The molecule has 2 rings (SSSR count). The molecule has 0 aromatic carbocycles. The first-order valence-corrected chi connectivity index (χ1v) is 6.89. The number of nitrogens with zero attached hydrogens (tertiary/aromatic N) is 2. The Morgan fingerprint density at radius 2 is 2.26 bits per heavy atom. The first-order valence-electron chi connectivity index (χ1n) is 6.89. The Balaban J connectivity index is 2.14. The van der Waals surface area contributed by atoms with Gasteiger partial charge >= 0.3 is 0 Å². The summed E-state index contributed by atoms with van der Waals surface area (Å²) in [6.07, 6.45) is 4.25. The van der Waals surface area contributed by atoms with Gasteiger partial charge in [0.15, 0.2) is 0 Å². The molecule has 0 spiro atoms. The fourth-order valence-electron chi connectivity index (χ4n) is 2.68. The van der Waals surface area contributed by atoms with Crippen molar-refractivity contribution in [2.45, 2.75) is 45.6 Å². The van der Waals surface area contributed by atoms with E-state index in [9.17, 15) is 10.4 Å². The number of rotatable bonds is 3. The van der Waals surface area contributed by atoms with E-state index in [0.29, 0.717) is 23.3 Å². The maximum Gasteiger partial charge on any atom is 0.144 e. The third-order valence-electron chi connectivity index (χ3n) is 3.97. The van der Waals surface area contributed by atoms with Gasteiger partial charge in [0.05, 0.1) is 5.56 Å². The molecule has 2 atom stereocenters. The predicted octanol–water partition coefficient (Wildman–Crippen LogP) is 2.53. The molecule has 1 saturated carbocycles. The fourth-order valence-corrected chi connectivity index (χ4v) is 2.68. The van der Waals surface area contributed by atoms with Gasteiger partial charge in [-0.3, -0.25) is 0 Å². The molecule has 2 N–H and O–H groups in total. The van der Waals surface area contributed by atoms with E-state index in [1.807, 2.05) is 19.9 Å². The van der Waals surface area contributed by atoms with E-state index >= 15 is 0 Å². The Bertz CT molecular complexity index is 493. The van der Waals surface area contributed by atoms with Crippen molar-refractivity contribution in [3.8, 4) is 6.07 Å². The van der Waals surface area contributed by atoms with Gasteiger partial charge in [-0.1, -0.05) is 6.42 Å². The van der Waals surface area contributed by atoms with Crippen molar-refractivity contribution in [3.05, 3.63) is 22.9 Å². The lowest BCUT2D eigenvalue weighted by molar-refractivity contribution is 0.184. The van der Waals surface area contributed by atoms with Crippen LogP contribution in [0, 0.1) is 31.1 Å². The second-order valence-electron chi connectivity index (χ2n) is 5.46. The average molecular weight is 259 g/mol. The number of nitrogens with one attached hydrogen (secondary N) is 1. The van der Waals surface area contributed by atoms with E-state index < -0.39 is 0 Å². The first kappa shape index (κ1) is 13.8. The van der Waals surface area contributed by atoms with Crippen molar-refractivity contribution in [3.63, 3.8) is 0 Å². The van der Waals surface area contributed by atoms with Crippen LogP contribution in [0.1, 0.15) is 42.5 Å². The minimum Gasteiger partial charge on any atom is -0.396 e. The van der Waals surface area contributed by atoms with E-state index in [4.69, 9.17) is 0 Å². The van der Waals surface area contributed by atoms with E-state index in [-0.39, 0.29) is 6.61 Å². The number of anilines is 1. The van der Waals surface area contributed by atoms with Crippen molar-refractivity contribution in [2.75, 3.05) is 11.9 Å². The molecular weight excluding hydrogens is 238 g/mol. The van der Waals surface area contributed by atoms with Gasteiger partial charge in [0.25, 0.3) is 0 Å². The van der Waals surface area contributed by atoms with Crippen LogP contribution in [-0.2, 0) is 0 Å². The summed E-state index contributed by atoms with van der Waals surface area (Å²) in [7, 11) is 0. The molecule has 1 fully saturated rings. The summed E-state index contributed by atoms with van der Waals surface area (Å²) in [6.45, 7) is 4.18. The summed E-state index contributed by atoms with van der Waals surface area (Å²) < 4.78 is 0. The molecule has 0 aliphatic heterocycles. The minimum atomic E-state index is 0.254. The zero-order valence-electron chi connectivity index (χ0n) is 11.6. The van der Waals surface area contributed by atoms with Crippen LogP contribution in [0.5, 0.6) is 0 Å². The Hall–Kier alpha value is -1.60. The number of aliphatic hydroxyl groups is 1. The number of aromatic nitrogens is 1. The smallest absolute Gasteiger partial charge is 0.144 e. The molecule has 0 saturated heterocycles. The van der Waals surface area contributed by atoms with E-state index in [1.54, 1.807) is 0 Å². The average Bonchev–Trinajstić information content (AvgIpc) is 2.43. The lowest BCUT2D eigenvalue weighted by Crippen LogP contribution is -2.29. The van der Waals surface area contributed by atoms with Crippen molar-refractivity contribution in [1.29, 1.82) is 5.26 Å². The molecule has 4 heteroatoms. The second-order valence-corrected chi connectivity index (χ2v) is 5.46. The van der Waals surface area contributed by atoms with Crippen molar-refractivity contribution >= 4 is 5.82 Å². The molecule has 4 nitrogen and oxygen atoms in total. The number of aryl methyl sites for hydroxylation is 2. The summed E-state index contributed by atoms with van der Waals surface area (Å²) in [4.78, 5) is 4.49. The van der Waals surface area contributed by atoms with Crippen molar-refractivity contribution in [1.82, 2.24) is 4.98 Å². The van der Waals surface area contributed by atoms with E-state index in [2.05, 4.69) is 16.4 Å². The molecule has 0 amide bonds. The summed E-state index contributed by atoms with van der Waals surface area (Å²) in [5.41, 5.74) is 2.60. The first-order chi connectivity index (χ1) is 9.13. The van der Waals surface area contributed by atoms with Gasteiger partial charge in [-0.2, -0.15) is 5.26 Å². The molecule has 0 unspecified atom stereocenters. The Kier molecular flexibility index (Phi) is 4.39. The van der Waals surface area contributed by atoms with Gasteiger partial charge in [-0.05, 0) is 50.7 Å². The lowest BCUT2D eigenvalue weighted by Gasteiger charge is -2.29. The summed E-state index contributed by atoms with van der Waals surface area (Å²) in [5, 5.41) is 21.8. The Labute approximate surface area is 114 Å². The molecule has 1 heterocycles. The summed E-state index contributed by atoms with van der Waals surface area (Å²) in [5.74, 6) is 1.07. The van der Waals surface area contributed by atoms with Gasteiger partial charge < -0.3 is 10.4 Å². The fraction of sp³-hybridized carbons (Fsp3) is 0.600. The van der Waals surface area contributed by atoms with E-state index in [0.717, 1.165) is 36.9 Å². The Morgan fingerprint density at radius 1 is 1.47 bits per heavy atom. The highest BCUT2D eigenvalue weighted by Gasteiger charge is 2.22. The maximum atomic E-state index is 9.26.